The van der Waals surface area contributed by atoms with Gasteiger partial charge in [0.25, 0.3) is 0 Å². The first-order valence-electron chi connectivity index (χ1n) is 5.78. The van der Waals surface area contributed by atoms with Crippen LogP contribution in [-0.4, -0.2) is 22.2 Å². The zero-order valence-corrected chi connectivity index (χ0v) is 10.7. The van der Waals surface area contributed by atoms with Crippen molar-refractivity contribution in [2.24, 2.45) is 0 Å². The van der Waals surface area contributed by atoms with Crippen molar-refractivity contribution in [3.8, 4) is 17.1 Å². The van der Waals surface area contributed by atoms with E-state index in [1.54, 1.807) is 20.2 Å². The Bertz CT molecular complexity index is 553. The predicted molar refractivity (Wildman–Crippen MR) is 69.4 cm³/mol. The van der Waals surface area contributed by atoms with Gasteiger partial charge in [0.2, 0.25) is 0 Å². The molecule has 0 aliphatic carbocycles. The van der Waals surface area contributed by atoms with Gasteiger partial charge in [0, 0.05) is 17.5 Å². The third-order valence-electron chi connectivity index (χ3n) is 2.82. The van der Waals surface area contributed by atoms with E-state index in [1.165, 1.54) is 0 Å². The Morgan fingerprint density at radius 2 is 2.00 bits per heavy atom. The third-order valence-corrected chi connectivity index (χ3v) is 2.82. The molecule has 0 bridgehead atoms. The summed E-state index contributed by atoms with van der Waals surface area (Å²) in [5.41, 5.74) is 2.37. The van der Waals surface area contributed by atoms with Crippen LogP contribution < -0.4 is 4.74 Å². The molecule has 0 amide bonds. The number of ether oxygens (including phenoxy) is 1. The van der Waals surface area contributed by atoms with Gasteiger partial charge < -0.3 is 9.84 Å². The van der Waals surface area contributed by atoms with Crippen LogP contribution in [0.3, 0.4) is 0 Å². The second-order valence-electron chi connectivity index (χ2n) is 4.11. The minimum absolute atomic E-state index is 0.559. The maximum Gasteiger partial charge on any atom is 0.163 e. The number of aliphatic hydroxyl groups excluding tert-OH is 1. The van der Waals surface area contributed by atoms with E-state index in [2.05, 4.69) is 9.97 Å². The Kier molecular flexibility index (Phi) is 3.58. The number of aliphatic hydroxyl groups is 1. The van der Waals surface area contributed by atoms with Crippen LogP contribution in [0, 0.1) is 6.92 Å². The molecule has 0 radical (unpaired) electrons. The highest BCUT2D eigenvalue weighted by molar-refractivity contribution is 5.64. The van der Waals surface area contributed by atoms with Gasteiger partial charge in [-0.1, -0.05) is 12.1 Å². The highest BCUT2D eigenvalue weighted by atomic mass is 16.5. The Hall–Kier alpha value is -1.94. The summed E-state index contributed by atoms with van der Waals surface area (Å²) in [6, 6.07) is 7.60. The van der Waals surface area contributed by atoms with E-state index in [1.807, 2.05) is 31.2 Å². The first kappa shape index (κ1) is 12.5. The molecular formula is C14H16N2O2. The standard InChI is InChI=1S/C14H16N2O2/c1-9-12(10(2)17)8-15-14(16-9)11-6-4-5-7-13(11)18-3/h4-8,10,17H,1-3H3/t10-/m1/s1. The first-order chi connectivity index (χ1) is 8.63. The summed E-state index contributed by atoms with van der Waals surface area (Å²) in [5.74, 6) is 1.34. The van der Waals surface area contributed by atoms with Crippen LogP contribution in [0.15, 0.2) is 30.5 Å². The summed E-state index contributed by atoms with van der Waals surface area (Å²) in [7, 11) is 1.62. The minimum Gasteiger partial charge on any atom is -0.496 e. The molecule has 4 nitrogen and oxygen atoms in total. The molecule has 0 spiro atoms. The smallest absolute Gasteiger partial charge is 0.163 e. The van der Waals surface area contributed by atoms with E-state index in [0.717, 1.165) is 22.6 Å². The summed E-state index contributed by atoms with van der Waals surface area (Å²) in [5, 5.41) is 9.56. The van der Waals surface area contributed by atoms with Gasteiger partial charge in [-0.3, -0.25) is 0 Å². The monoisotopic (exact) mass is 244 g/mol. The van der Waals surface area contributed by atoms with Gasteiger partial charge in [0.15, 0.2) is 5.82 Å². The molecule has 0 unspecified atom stereocenters. The zero-order chi connectivity index (χ0) is 13.1. The van der Waals surface area contributed by atoms with Crippen LogP contribution in [-0.2, 0) is 0 Å². The van der Waals surface area contributed by atoms with Crippen molar-refractivity contribution in [1.82, 2.24) is 9.97 Å². The van der Waals surface area contributed by atoms with Crippen molar-refractivity contribution in [2.45, 2.75) is 20.0 Å². The molecule has 2 aromatic rings. The Morgan fingerprint density at radius 3 is 2.61 bits per heavy atom. The molecule has 18 heavy (non-hydrogen) atoms. The van der Waals surface area contributed by atoms with Crippen molar-refractivity contribution in [2.75, 3.05) is 7.11 Å². The van der Waals surface area contributed by atoms with Crippen LogP contribution in [0.25, 0.3) is 11.4 Å². The number of hydrogen-bond donors (Lipinski definition) is 1. The van der Waals surface area contributed by atoms with Crippen LogP contribution in [0.1, 0.15) is 24.3 Å². The SMILES string of the molecule is COc1ccccc1-c1ncc([C@@H](C)O)c(C)n1. The van der Waals surface area contributed by atoms with Crippen molar-refractivity contribution in [3.05, 3.63) is 41.7 Å². The second kappa shape index (κ2) is 5.14. The lowest BCUT2D eigenvalue weighted by atomic mass is 10.1. The molecule has 1 aromatic carbocycles. The number of benzene rings is 1. The van der Waals surface area contributed by atoms with E-state index < -0.39 is 6.10 Å². The summed E-state index contributed by atoms with van der Waals surface area (Å²) in [6.07, 6.45) is 1.10. The number of hydrogen-bond acceptors (Lipinski definition) is 4. The van der Waals surface area contributed by atoms with Gasteiger partial charge in [0.1, 0.15) is 5.75 Å². The second-order valence-corrected chi connectivity index (χ2v) is 4.11. The van der Waals surface area contributed by atoms with Crippen LogP contribution >= 0.6 is 0 Å². The average Bonchev–Trinajstić information content (AvgIpc) is 2.38. The zero-order valence-electron chi connectivity index (χ0n) is 10.7. The maximum absolute atomic E-state index is 9.56. The lowest BCUT2D eigenvalue weighted by Gasteiger charge is -2.11. The molecule has 1 heterocycles. The third kappa shape index (κ3) is 2.33. The number of aryl methyl sites for hydroxylation is 1. The van der Waals surface area contributed by atoms with Gasteiger partial charge in [-0.25, -0.2) is 9.97 Å². The van der Waals surface area contributed by atoms with Crippen molar-refractivity contribution < 1.29 is 9.84 Å². The fourth-order valence-corrected chi connectivity index (χ4v) is 1.85. The molecule has 0 saturated heterocycles. The normalized spacial score (nSPS) is 12.2. The van der Waals surface area contributed by atoms with E-state index in [4.69, 9.17) is 4.74 Å². The quantitative estimate of drug-likeness (QED) is 0.901. The van der Waals surface area contributed by atoms with E-state index in [9.17, 15) is 5.11 Å². The maximum atomic E-state index is 9.56. The largest absolute Gasteiger partial charge is 0.496 e. The van der Waals surface area contributed by atoms with E-state index in [-0.39, 0.29) is 0 Å². The minimum atomic E-state index is -0.559. The van der Waals surface area contributed by atoms with E-state index in [0.29, 0.717) is 5.82 Å². The summed E-state index contributed by atoms with van der Waals surface area (Å²) in [4.78, 5) is 8.71. The molecule has 0 saturated carbocycles. The van der Waals surface area contributed by atoms with Crippen LogP contribution in [0.2, 0.25) is 0 Å². The fourth-order valence-electron chi connectivity index (χ4n) is 1.85. The summed E-state index contributed by atoms with van der Waals surface area (Å²) < 4.78 is 5.29. The predicted octanol–water partition coefficient (Wildman–Crippen LogP) is 2.51. The highest BCUT2D eigenvalue weighted by Gasteiger charge is 2.11. The molecule has 1 N–H and O–H groups in total. The van der Waals surface area contributed by atoms with Crippen molar-refractivity contribution in [1.29, 1.82) is 0 Å². The number of methoxy groups -OCH3 is 1. The molecule has 94 valence electrons. The van der Waals surface area contributed by atoms with E-state index >= 15 is 0 Å². The summed E-state index contributed by atoms with van der Waals surface area (Å²) in [6.45, 7) is 3.57. The summed E-state index contributed by atoms with van der Waals surface area (Å²) >= 11 is 0. The van der Waals surface area contributed by atoms with Crippen LogP contribution in [0.5, 0.6) is 5.75 Å². The average molecular weight is 244 g/mol. The van der Waals surface area contributed by atoms with Crippen LogP contribution in [0.4, 0.5) is 0 Å². The molecule has 1 atom stereocenters. The van der Waals surface area contributed by atoms with Gasteiger partial charge in [-0.15, -0.1) is 0 Å². The Balaban J connectivity index is 2.49. The fraction of sp³-hybridized carbons (Fsp3) is 0.286. The molecule has 0 fully saturated rings. The molecular weight excluding hydrogens is 228 g/mol. The first-order valence-corrected chi connectivity index (χ1v) is 5.78. The van der Waals surface area contributed by atoms with Gasteiger partial charge in [-0.2, -0.15) is 0 Å². The van der Waals surface area contributed by atoms with Crippen molar-refractivity contribution >= 4 is 0 Å². The number of aromatic nitrogens is 2. The number of rotatable bonds is 3. The molecule has 4 heteroatoms. The number of para-hydroxylation sites is 1. The van der Waals surface area contributed by atoms with Gasteiger partial charge >= 0.3 is 0 Å². The van der Waals surface area contributed by atoms with Gasteiger partial charge in [0.05, 0.1) is 18.8 Å². The molecule has 2 rings (SSSR count). The molecule has 0 aliphatic rings. The topological polar surface area (TPSA) is 55.2 Å². The molecule has 0 aliphatic heterocycles. The Morgan fingerprint density at radius 1 is 1.28 bits per heavy atom. The molecule has 1 aromatic heterocycles. The van der Waals surface area contributed by atoms with Crippen molar-refractivity contribution in [3.63, 3.8) is 0 Å². The van der Waals surface area contributed by atoms with Gasteiger partial charge in [-0.05, 0) is 26.0 Å². The lowest BCUT2D eigenvalue weighted by Crippen LogP contribution is -2.01. The number of nitrogens with zero attached hydrogens (tertiary/aromatic N) is 2. The highest BCUT2D eigenvalue weighted by Crippen LogP contribution is 2.27. The lowest BCUT2D eigenvalue weighted by molar-refractivity contribution is 0.197. The Labute approximate surface area is 106 Å².